The van der Waals surface area contributed by atoms with Crippen molar-refractivity contribution in [3.8, 4) is 29.1 Å². The Bertz CT molecular complexity index is 839. The van der Waals surface area contributed by atoms with Crippen LogP contribution in [0, 0.1) is 11.3 Å². The Labute approximate surface area is 163 Å². The average molecular weight is 383 g/mol. The van der Waals surface area contributed by atoms with Gasteiger partial charge in [-0.1, -0.05) is 6.07 Å². The Morgan fingerprint density at radius 3 is 2.39 bits per heavy atom. The smallest absolute Gasteiger partial charge is 0.330 e. The van der Waals surface area contributed by atoms with Gasteiger partial charge >= 0.3 is 5.97 Å². The zero-order chi connectivity index (χ0) is 20.2. The van der Waals surface area contributed by atoms with E-state index in [9.17, 15) is 4.79 Å². The van der Waals surface area contributed by atoms with Crippen molar-refractivity contribution in [1.82, 2.24) is 0 Å². The number of carbonyl (C=O) groups excluding carboxylic acids is 1. The number of esters is 1. The Hall–Kier alpha value is -3.66. The second-order valence-corrected chi connectivity index (χ2v) is 5.38. The first-order valence-corrected chi connectivity index (χ1v) is 8.45. The van der Waals surface area contributed by atoms with E-state index in [-0.39, 0.29) is 19.8 Å². The molecule has 0 amide bonds. The predicted octanol–water partition coefficient (Wildman–Crippen LogP) is 3.24. The zero-order valence-electron chi connectivity index (χ0n) is 15.7. The van der Waals surface area contributed by atoms with Gasteiger partial charge in [0.15, 0.2) is 18.1 Å². The average Bonchev–Trinajstić information content (AvgIpc) is 2.74. The van der Waals surface area contributed by atoms with E-state index < -0.39 is 5.97 Å². The third-order valence-corrected chi connectivity index (χ3v) is 3.55. The van der Waals surface area contributed by atoms with Crippen molar-refractivity contribution < 1.29 is 28.5 Å². The quantitative estimate of drug-likeness (QED) is 0.354. The van der Waals surface area contributed by atoms with E-state index in [1.54, 1.807) is 55.7 Å². The molecule has 0 bridgehead atoms. The van der Waals surface area contributed by atoms with Crippen molar-refractivity contribution in [1.29, 1.82) is 5.26 Å². The summed E-state index contributed by atoms with van der Waals surface area (Å²) < 4.78 is 26.1. The van der Waals surface area contributed by atoms with Crippen LogP contribution < -0.4 is 18.9 Å². The highest BCUT2D eigenvalue weighted by atomic mass is 16.6. The first kappa shape index (κ1) is 20.6. The van der Waals surface area contributed by atoms with Gasteiger partial charge in [-0.2, -0.15) is 5.26 Å². The van der Waals surface area contributed by atoms with Gasteiger partial charge in [-0.3, -0.25) is 0 Å². The number of carbonyl (C=O) groups is 1. The first-order chi connectivity index (χ1) is 13.7. The molecule has 0 aliphatic carbocycles. The molecule has 0 aliphatic rings. The van der Waals surface area contributed by atoms with Crippen LogP contribution >= 0.6 is 0 Å². The topological polar surface area (TPSA) is 87.0 Å². The summed E-state index contributed by atoms with van der Waals surface area (Å²) in [6.07, 6.45) is 2.92. The Morgan fingerprint density at radius 1 is 0.964 bits per heavy atom. The number of ether oxygens (including phenoxy) is 5. The summed E-state index contributed by atoms with van der Waals surface area (Å²) in [6, 6.07) is 14.1. The molecule has 2 rings (SSSR count). The largest absolute Gasteiger partial charge is 0.497 e. The minimum atomic E-state index is -0.484. The maximum absolute atomic E-state index is 11.8. The molecule has 0 aliphatic heterocycles. The summed E-state index contributed by atoms with van der Waals surface area (Å²) in [5, 5.41) is 8.57. The van der Waals surface area contributed by atoms with Crippen LogP contribution in [0.3, 0.4) is 0 Å². The predicted molar refractivity (Wildman–Crippen MR) is 103 cm³/mol. The van der Waals surface area contributed by atoms with Crippen LogP contribution in [0.15, 0.2) is 48.5 Å². The van der Waals surface area contributed by atoms with Crippen molar-refractivity contribution in [2.75, 3.05) is 34.0 Å². The molecule has 0 unspecified atom stereocenters. The number of nitriles is 1. The Morgan fingerprint density at radius 2 is 1.71 bits per heavy atom. The van der Waals surface area contributed by atoms with E-state index in [1.807, 2.05) is 6.07 Å². The fourth-order valence-electron chi connectivity index (χ4n) is 2.20. The van der Waals surface area contributed by atoms with Crippen LogP contribution in [0.4, 0.5) is 0 Å². The second kappa shape index (κ2) is 11.1. The molecule has 0 spiro atoms. The molecule has 0 aromatic heterocycles. The molecule has 0 atom stereocenters. The molecular weight excluding hydrogens is 362 g/mol. The third-order valence-electron chi connectivity index (χ3n) is 3.55. The van der Waals surface area contributed by atoms with E-state index in [0.717, 1.165) is 11.3 Å². The summed E-state index contributed by atoms with van der Waals surface area (Å²) in [5.41, 5.74) is 0.729. The van der Waals surface area contributed by atoms with Gasteiger partial charge in [-0.05, 0) is 48.0 Å². The molecule has 7 nitrogen and oxygen atoms in total. The molecule has 2 aromatic carbocycles. The van der Waals surface area contributed by atoms with Crippen LogP contribution in [-0.2, 0) is 9.53 Å². The lowest BCUT2D eigenvalue weighted by Gasteiger charge is -2.09. The van der Waals surface area contributed by atoms with Crippen LogP contribution in [0.25, 0.3) is 6.08 Å². The van der Waals surface area contributed by atoms with Crippen molar-refractivity contribution >= 4 is 12.0 Å². The lowest BCUT2D eigenvalue weighted by atomic mass is 10.2. The molecule has 0 saturated carbocycles. The number of benzene rings is 2. The van der Waals surface area contributed by atoms with Gasteiger partial charge in [0.1, 0.15) is 30.8 Å². The van der Waals surface area contributed by atoms with E-state index in [4.69, 9.17) is 28.9 Å². The van der Waals surface area contributed by atoms with Crippen molar-refractivity contribution in [3.05, 3.63) is 54.1 Å². The van der Waals surface area contributed by atoms with Gasteiger partial charge in [0.05, 0.1) is 14.2 Å². The van der Waals surface area contributed by atoms with E-state index >= 15 is 0 Å². The lowest BCUT2D eigenvalue weighted by Crippen LogP contribution is -2.10. The fraction of sp³-hybridized carbons (Fsp3) is 0.238. The number of hydrogen-bond donors (Lipinski definition) is 0. The van der Waals surface area contributed by atoms with E-state index in [1.165, 1.54) is 13.2 Å². The van der Waals surface area contributed by atoms with Crippen molar-refractivity contribution in [2.24, 2.45) is 0 Å². The van der Waals surface area contributed by atoms with Gasteiger partial charge in [0.25, 0.3) is 0 Å². The minimum Gasteiger partial charge on any atom is -0.497 e. The number of hydrogen-bond acceptors (Lipinski definition) is 7. The molecule has 146 valence electrons. The molecule has 0 radical (unpaired) electrons. The summed E-state index contributed by atoms with van der Waals surface area (Å²) in [6.45, 7) is 0.292. The van der Waals surface area contributed by atoms with Gasteiger partial charge in [-0.15, -0.1) is 0 Å². The molecule has 0 saturated heterocycles. The second-order valence-electron chi connectivity index (χ2n) is 5.38. The summed E-state index contributed by atoms with van der Waals surface area (Å²) in [7, 11) is 3.09. The fourth-order valence-corrected chi connectivity index (χ4v) is 2.20. The normalized spacial score (nSPS) is 10.2. The van der Waals surface area contributed by atoms with Crippen molar-refractivity contribution in [2.45, 2.75) is 0 Å². The SMILES string of the molecule is COc1ccc(OCCOC(=O)C=Cc2ccc(OCC#N)c(OC)c2)cc1. The lowest BCUT2D eigenvalue weighted by molar-refractivity contribution is -0.138. The maximum Gasteiger partial charge on any atom is 0.330 e. The maximum atomic E-state index is 11.8. The van der Waals surface area contributed by atoms with Gasteiger partial charge < -0.3 is 23.7 Å². The molecule has 0 fully saturated rings. The minimum absolute atomic E-state index is 0.0729. The van der Waals surface area contributed by atoms with Gasteiger partial charge in [-0.25, -0.2) is 4.79 Å². The third kappa shape index (κ3) is 6.57. The molecule has 2 aromatic rings. The van der Waals surface area contributed by atoms with Crippen LogP contribution in [0.1, 0.15) is 5.56 Å². The summed E-state index contributed by atoms with van der Waals surface area (Å²) in [4.78, 5) is 11.8. The summed E-state index contributed by atoms with van der Waals surface area (Å²) in [5.74, 6) is 1.85. The number of methoxy groups -OCH3 is 2. The molecule has 0 N–H and O–H groups in total. The van der Waals surface area contributed by atoms with Crippen molar-refractivity contribution in [3.63, 3.8) is 0 Å². The Balaban J connectivity index is 1.78. The van der Waals surface area contributed by atoms with Gasteiger partial charge in [0, 0.05) is 6.08 Å². The molecule has 28 heavy (non-hydrogen) atoms. The highest BCUT2D eigenvalue weighted by molar-refractivity contribution is 5.87. The van der Waals surface area contributed by atoms with Crippen LogP contribution in [-0.4, -0.2) is 40.0 Å². The monoisotopic (exact) mass is 383 g/mol. The van der Waals surface area contributed by atoms with Crippen LogP contribution in [0.2, 0.25) is 0 Å². The highest BCUT2D eigenvalue weighted by Gasteiger charge is 2.05. The first-order valence-electron chi connectivity index (χ1n) is 8.45. The summed E-state index contributed by atoms with van der Waals surface area (Å²) >= 11 is 0. The molecule has 0 heterocycles. The van der Waals surface area contributed by atoms with E-state index in [2.05, 4.69) is 0 Å². The molecule has 7 heteroatoms. The Kier molecular flexibility index (Phi) is 8.21. The zero-order valence-corrected chi connectivity index (χ0v) is 15.7. The standard InChI is InChI=1S/C21H21NO6/c1-24-17-5-7-18(8-6-17)26-13-14-28-21(23)10-4-16-3-9-19(27-12-11-22)20(15-16)25-2/h3-10,15H,12-14H2,1-2H3. The van der Waals surface area contributed by atoms with Crippen LogP contribution in [0.5, 0.6) is 23.0 Å². The highest BCUT2D eigenvalue weighted by Crippen LogP contribution is 2.28. The van der Waals surface area contributed by atoms with Gasteiger partial charge in [0.2, 0.25) is 0 Å². The molecular formula is C21H21NO6. The number of rotatable bonds is 10. The number of nitrogens with zero attached hydrogens (tertiary/aromatic N) is 1. The van der Waals surface area contributed by atoms with E-state index in [0.29, 0.717) is 17.2 Å².